The zero-order valence-corrected chi connectivity index (χ0v) is 21.9. The predicted octanol–water partition coefficient (Wildman–Crippen LogP) is 7.62. The second-order valence-electron chi connectivity index (χ2n) is 7.86. The zero-order chi connectivity index (χ0) is 26.5. The normalized spacial score (nSPS) is 11.3. The van der Waals surface area contributed by atoms with Crippen molar-refractivity contribution < 1.29 is 14.1 Å². The van der Waals surface area contributed by atoms with E-state index in [2.05, 4.69) is 15.0 Å². The highest BCUT2D eigenvalue weighted by Gasteiger charge is 2.16. The molecule has 0 amide bonds. The number of nitro groups is 1. The van der Waals surface area contributed by atoms with Crippen molar-refractivity contribution in [3.63, 3.8) is 0 Å². The molecule has 0 aliphatic carbocycles. The first-order valence-electron chi connectivity index (χ1n) is 11.2. The summed E-state index contributed by atoms with van der Waals surface area (Å²) >= 11 is 4.01. The summed E-state index contributed by atoms with van der Waals surface area (Å²) in [6, 6.07) is 21.4. The van der Waals surface area contributed by atoms with E-state index in [1.54, 1.807) is 36.7 Å². The number of nitrogens with zero attached hydrogens (tertiary/aromatic N) is 4. The van der Waals surface area contributed by atoms with E-state index in [1.165, 1.54) is 65.2 Å². The summed E-state index contributed by atoms with van der Waals surface area (Å²) in [6.45, 7) is 0. The predicted molar refractivity (Wildman–Crippen MR) is 150 cm³/mol. The molecule has 0 atom stereocenters. The maximum atomic E-state index is 13.1. The van der Waals surface area contributed by atoms with Gasteiger partial charge in [0, 0.05) is 24.0 Å². The van der Waals surface area contributed by atoms with Crippen LogP contribution in [0.5, 0.6) is 0 Å². The van der Waals surface area contributed by atoms with Crippen molar-refractivity contribution in [3.05, 3.63) is 112 Å². The minimum atomic E-state index is -0.411. The third-order valence-corrected chi connectivity index (χ3v) is 8.42. The number of rotatable bonds is 9. The molecule has 0 spiro atoms. The number of halogens is 1. The maximum absolute atomic E-state index is 13.1. The van der Waals surface area contributed by atoms with Gasteiger partial charge in [-0.15, -0.1) is 11.3 Å². The smallest absolute Gasteiger partial charge is 0.283 e. The molecular formula is C27H17FN4O3S3. The second-order valence-corrected chi connectivity index (χ2v) is 11.2. The number of aromatic nitrogens is 2. The molecule has 7 nitrogen and oxygen atoms in total. The summed E-state index contributed by atoms with van der Waals surface area (Å²) in [5.74, 6) is -0.282. The van der Waals surface area contributed by atoms with Crippen LogP contribution >= 0.6 is 34.9 Å². The van der Waals surface area contributed by atoms with Crippen LogP contribution in [0.1, 0.15) is 15.9 Å². The number of carbonyl (C=O) groups is 1. The van der Waals surface area contributed by atoms with Crippen molar-refractivity contribution in [2.75, 3.05) is 5.75 Å². The molecule has 0 radical (unpaired) electrons. The molecule has 2 heterocycles. The van der Waals surface area contributed by atoms with Crippen molar-refractivity contribution in [2.45, 2.75) is 14.3 Å². The van der Waals surface area contributed by atoms with E-state index in [4.69, 9.17) is 0 Å². The molecule has 188 valence electrons. The zero-order valence-electron chi connectivity index (χ0n) is 19.5. The monoisotopic (exact) mass is 560 g/mol. The Hall–Kier alpha value is -3.93. The highest BCUT2D eigenvalue weighted by molar-refractivity contribution is 8.01. The van der Waals surface area contributed by atoms with Gasteiger partial charge in [0.2, 0.25) is 0 Å². The Labute approximate surface area is 229 Å². The van der Waals surface area contributed by atoms with E-state index in [0.717, 1.165) is 14.6 Å². The lowest BCUT2D eigenvalue weighted by atomic mass is 10.1. The fourth-order valence-corrected chi connectivity index (χ4v) is 6.25. The number of hydrogen-bond acceptors (Lipinski definition) is 9. The van der Waals surface area contributed by atoms with Gasteiger partial charge in [0.05, 0.1) is 31.5 Å². The summed E-state index contributed by atoms with van der Waals surface area (Å²) in [5, 5.41) is 12.3. The first-order valence-corrected chi connectivity index (χ1v) is 13.8. The average Bonchev–Trinajstić information content (AvgIpc) is 3.34. The fraction of sp³-hybridized carbons (Fsp3) is 0.0370. The average molecular weight is 561 g/mol. The van der Waals surface area contributed by atoms with Gasteiger partial charge < -0.3 is 0 Å². The minimum Gasteiger partial charge on any atom is -0.293 e. The number of thioether (sulfide) groups is 1. The van der Waals surface area contributed by atoms with Crippen LogP contribution in [0.25, 0.3) is 10.2 Å². The number of benzene rings is 3. The first-order chi connectivity index (χ1) is 18.4. The SMILES string of the molecule is O=C(CSc1nc2ccc(N=Cc3ccc(Sc4ccccn4)c([N+](=O)[O-])c3)cc2s1)c1ccc(F)cc1. The summed E-state index contributed by atoms with van der Waals surface area (Å²) in [6.07, 6.45) is 3.23. The molecule has 0 bridgehead atoms. The molecule has 38 heavy (non-hydrogen) atoms. The summed E-state index contributed by atoms with van der Waals surface area (Å²) in [5.41, 5.74) is 2.51. The number of carbonyl (C=O) groups excluding carboxylic acids is 1. The Morgan fingerprint density at radius 3 is 2.68 bits per heavy atom. The second kappa shape index (κ2) is 11.6. The lowest BCUT2D eigenvalue weighted by molar-refractivity contribution is -0.387. The maximum Gasteiger partial charge on any atom is 0.283 e. The molecule has 0 N–H and O–H groups in total. The van der Waals surface area contributed by atoms with Gasteiger partial charge >= 0.3 is 0 Å². The van der Waals surface area contributed by atoms with Crippen LogP contribution in [-0.2, 0) is 0 Å². The van der Waals surface area contributed by atoms with E-state index in [1.807, 2.05) is 24.3 Å². The number of fused-ring (bicyclic) bond motifs is 1. The topological polar surface area (TPSA) is 98.3 Å². The van der Waals surface area contributed by atoms with Gasteiger partial charge in [0.25, 0.3) is 5.69 Å². The number of pyridine rings is 1. The molecule has 0 fully saturated rings. The quantitative estimate of drug-likeness (QED) is 0.0601. The van der Waals surface area contributed by atoms with Gasteiger partial charge in [-0.05, 0) is 66.2 Å². The molecule has 0 aliphatic rings. The standard InChI is InChI=1S/C27H17FN4O3S3/c28-19-7-5-18(6-8-19)23(33)16-36-27-31-21-10-9-20(14-25(21)38-27)30-15-17-4-11-24(22(13-17)32(34)35)37-26-3-1-2-12-29-26/h1-15H,16H2. The van der Waals surface area contributed by atoms with Gasteiger partial charge in [0.1, 0.15) is 10.8 Å². The third kappa shape index (κ3) is 6.31. The molecule has 0 saturated heterocycles. The third-order valence-electron chi connectivity index (χ3n) is 5.24. The van der Waals surface area contributed by atoms with Gasteiger partial charge in [-0.2, -0.15) is 0 Å². The highest BCUT2D eigenvalue weighted by Crippen LogP contribution is 2.35. The Balaban J connectivity index is 1.28. The minimum absolute atomic E-state index is 0.0145. The Bertz CT molecular complexity index is 1660. The highest BCUT2D eigenvalue weighted by atomic mass is 32.2. The number of nitro benzene ring substituents is 1. The van der Waals surface area contributed by atoms with Crippen molar-refractivity contribution in [2.24, 2.45) is 4.99 Å². The molecule has 0 aliphatic heterocycles. The molecule has 0 unspecified atom stereocenters. The Kier molecular flexibility index (Phi) is 7.87. The number of hydrogen-bond donors (Lipinski definition) is 0. The van der Waals surface area contributed by atoms with Crippen LogP contribution in [0.3, 0.4) is 0 Å². The van der Waals surface area contributed by atoms with Crippen LogP contribution in [0.15, 0.2) is 104 Å². The van der Waals surface area contributed by atoms with Gasteiger partial charge in [-0.25, -0.2) is 14.4 Å². The van der Waals surface area contributed by atoms with Crippen molar-refractivity contribution in [3.8, 4) is 0 Å². The lowest BCUT2D eigenvalue weighted by Crippen LogP contribution is -2.01. The van der Waals surface area contributed by atoms with Gasteiger partial charge in [-0.3, -0.25) is 19.9 Å². The van der Waals surface area contributed by atoms with E-state index in [-0.39, 0.29) is 23.0 Å². The van der Waals surface area contributed by atoms with Crippen molar-refractivity contribution >= 4 is 68.4 Å². The van der Waals surface area contributed by atoms with Crippen molar-refractivity contribution in [1.82, 2.24) is 9.97 Å². The van der Waals surface area contributed by atoms with E-state index in [0.29, 0.717) is 26.7 Å². The van der Waals surface area contributed by atoms with E-state index >= 15 is 0 Å². The summed E-state index contributed by atoms with van der Waals surface area (Å²) in [4.78, 5) is 37.4. The summed E-state index contributed by atoms with van der Waals surface area (Å²) < 4.78 is 14.7. The molecule has 5 rings (SSSR count). The van der Waals surface area contributed by atoms with Gasteiger partial charge in [0.15, 0.2) is 10.1 Å². The van der Waals surface area contributed by atoms with Crippen molar-refractivity contribution in [1.29, 1.82) is 0 Å². The molecule has 2 aromatic heterocycles. The number of Topliss-reactive ketones (excluding diaryl/α,β-unsaturated/α-hetero) is 1. The molecule has 11 heteroatoms. The fourth-order valence-electron chi connectivity index (χ4n) is 3.39. The van der Waals surface area contributed by atoms with E-state index in [9.17, 15) is 19.3 Å². The molecule has 3 aromatic carbocycles. The first kappa shape index (κ1) is 25.7. The number of thiazole rings is 1. The van der Waals surface area contributed by atoms with Crippen LogP contribution in [0.2, 0.25) is 0 Å². The Morgan fingerprint density at radius 1 is 1.08 bits per heavy atom. The molecule has 0 saturated carbocycles. The number of ketones is 1. The summed E-state index contributed by atoms with van der Waals surface area (Å²) in [7, 11) is 0. The lowest BCUT2D eigenvalue weighted by Gasteiger charge is -2.03. The van der Waals surface area contributed by atoms with Crippen LogP contribution in [0.4, 0.5) is 15.8 Å². The van der Waals surface area contributed by atoms with Crippen LogP contribution < -0.4 is 0 Å². The van der Waals surface area contributed by atoms with Crippen LogP contribution in [0, 0.1) is 15.9 Å². The largest absolute Gasteiger partial charge is 0.293 e. The molecule has 5 aromatic rings. The number of aliphatic imine (C=N–C) groups is 1. The van der Waals surface area contributed by atoms with Gasteiger partial charge in [-0.1, -0.05) is 35.7 Å². The van der Waals surface area contributed by atoms with Crippen LogP contribution in [-0.4, -0.2) is 32.6 Å². The Morgan fingerprint density at radius 2 is 1.92 bits per heavy atom. The molecular weight excluding hydrogens is 544 g/mol. The van der Waals surface area contributed by atoms with E-state index < -0.39 is 4.92 Å².